The van der Waals surface area contributed by atoms with Gasteiger partial charge >= 0.3 is 0 Å². The van der Waals surface area contributed by atoms with Crippen LogP contribution in [0, 0.1) is 5.92 Å². The van der Waals surface area contributed by atoms with Crippen molar-refractivity contribution in [3.63, 3.8) is 0 Å². The molecule has 0 spiro atoms. The highest BCUT2D eigenvalue weighted by Crippen LogP contribution is 2.16. The van der Waals surface area contributed by atoms with Crippen molar-refractivity contribution >= 4 is 27.5 Å². The minimum absolute atomic E-state index is 0.0325. The fourth-order valence-electron chi connectivity index (χ4n) is 0.887. The summed E-state index contributed by atoms with van der Waals surface area (Å²) in [5.74, 6) is 0.495. The topological polar surface area (TPSA) is 80.9 Å². The van der Waals surface area contributed by atoms with Gasteiger partial charge < -0.3 is 11.1 Å². The summed E-state index contributed by atoms with van der Waals surface area (Å²) in [5, 5.41) is 10.8. The zero-order chi connectivity index (χ0) is 10.6. The number of carbonyl (C=O) groups is 1. The predicted molar refractivity (Wildman–Crippen MR) is 57.0 cm³/mol. The largest absolute Gasteiger partial charge is 0.374 e. The van der Waals surface area contributed by atoms with Crippen molar-refractivity contribution in [1.29, 1.82) is 0 Å². The lowest BCUT2D eigenvalue weighted by atomic mass is 10.1. The number of nitrogens with zero attached hydrogens (tertiary/aromatic N) is 2. The van der Waals surface area contributed by atoms with E-state index < -0.39 is 0 Å². The zero-order valence-electron chi connectivity index (χ0n) is 8.28. The van der Waals surface area contributed by atoms with Gasteiger partial charge in [-0.3, -0.25) is 4.79 Å². The summed E-state index contributed by atoms with van der Waals surface area (Å²) in [7, 11) is 0. The molecule has 1 aromatic rings. The molecule has 1 amide bonds. The number of hydrogen-bond donors (Lipinski definition) is 2. The van der Waals surface area contributed by atoms with Crippen molar-refractivity contribution in [1.82, 2.24) is 10.2 Å². The van der Waals surface area contributed by atoms with Gasteiger partial charge in [-0.15, -0.1) is 10.2 Å². The highest BCUT2D eigenvalue weighted by Gasteiger charge is 2.06. The molecule has 0 saturated carbocycles. The van der Waals surface area contributed by atoms with Crippen LogP contribution in [0.4, 0.5) is 10.3 Å². The molecule has 0 aliphatic rings. The Labute approximate surface area is 86.7 Å². The number of rotatable bonds is 4. The quantitative estimate of drug-likeness (QED) is 0.795. The molecule has 78 valence electrons. The van der Waals surface area contributed by atoms with E-state index >= 15 is 0 Å². The molecular weight excluding hydrogens is 200 g/mol. The van der Waals surface area contributed by atoms with Gasteiger partial charge in [0.2, 0.25) is 16.2 Å². The summed E-state index contributed by atoms with van der Waals surface area (Å²) in [6.07, 6.45) is 1.39. The first-order chi connectivity index (χ1) is 6.58. The number of aromatic nitrogens is 2. The molecule has 14 heavy (non-hydrogen) atoms. The van der Waals surface area contributed by atoms with Crippen LogP contribution in [0.3, 0.4) is 0 Å². The standard InChI is InChI=1S/C8H14N4OS/c1-5(2)3-4-6(13)10-8-12-11-7(9)14-8/h5H,3-4H2,1-2H3,(H2,9,11)(H,10,12,13). The zero-order valence-corrected chi connectivity index (χ0v) is 9.10. The highest BCUT2D eigenvalue weighted by atomic mass is 32.1. The molecule has 1 aromatic heterocycles. The van der Waals surface area contributed by atoms with E-state index in [-0.39, 0.29) is 5.91 Å². The van der Waals surface area contributed by atoms with Crippen molar-refractivity contribution in [3.05, 3.63) is 0 Å². The molecular formula is C8H14N4OS. The number of nitrogens with one attached hydrogen (secondary N) is 1. The Hall–Kier alpha value is -1.17. The van der Waals surface area contributed by atoms with E-state index in [0.717, 1.165) is 6.42 Å². The van der Waals surface area contributed by atoms with Gasteiger partial charge in [-0.1, -0.05) is 25.2 Å². The average Bonchev–Trinajstić information content (AvgIpc) is 2.48. The maximum atomic E-state index is 11.3. The highest BCUT2D eigenvalue weighted by molar-refractivity contribution is 7.18. The lowest BCUT2D eigenvalue weighted by Gasteiger charge is -2.03. The van der Waals surface area contributed by atoms with E-state index in [9.17, 15) is 4.79 Å². The maximum absolute atomic E-state index is 11.3. The Morgan fingerprint density at radius 1 is 1.57 bits per heavy atom. The van der Waals surface area contributed by atoms with Gasteiger partial charge in [0.15, 0.2) is 0 Å². The van der Waals surface area contributed by atoms with Crippen molar-refractivity contribution < 1.29 is 4.79 Å². The molecule has 0 bridgehead atoms. The molecule has 6 heteroatoms. The van der Waals surface area contributed by atoms with Crippen molar-refractivity contribution in [2.45, 2.75) is 26.7 Å². The molecule has 0 fully saturated rings. The van der Waals surface area contributed by atoms with Crippen LogP contribution in [-0.2, 0) is 4.79 Å². The first kappa shape index (κ1) is 10.9. The Bertz CT molecular complexity index is 310. The third-order valence-electron chi connectivity index (χ3n) is 1.64. The fourth-order valence-corrected chi connectivity index (χ4v) is 1.41. The van der Waals surface area contributed by atoms with Crippen LogP contribution in [0.25, 0.3) is 0 Å². The molecule has 0 radical (unpaired) electrons. The SMILES string of the molecule is CC(C)CCC(=O)Nc1nnc(N)s1. The molecule has 1 rings (SSSR count). The number of carbonyl (C=O) groups excluding carboxylic acids is 1. The first-order valence-corrected chi connectivity index (χ1v) is 5.28. The van der Waals surface area contributed by atoms with Gasteiger partial charge in [-0.05, 0) is 12.3 Å². The summed E-state index contributed by atoms with van der Waals surface area (Å²) >= 11 is 1.17. The normalized spacial score (nSPS) is 10.5. The molecule has 0 aromatic carbocycles. The van der Waals surface area contributed by atoms with Crippen LogP contribution in [0.1, 0.15) is 26.7 Å². The summed E-state index contributed by atoms with van der Waals surface area (Å²) < 4.78 is 0. The molecule has 0 unspecified atom stereocenters. The van der Waals surface area contributed by atoms with Crippen LogP contribution >= 0.6 is 11.3 Å². The van der Waals surface area contributed by atoms with Crippen LogP contribution in [0.2, 0.25) is 0 Å². The third-order valence-corrected chi connectivity index (χ3v) is 2.30. The summed E-state index contributed by atoms with van der Waals surface area (Å²) in [6, 6.07) is 0. The Balaban J connectivity index is 2.34. The number of anilines is 2. The molecule has 0 aliphatic heterocycles. The summed E-state index contributed by atoms with van der Waals surface area (Å²) in [6.45, 7) is 4.16. The Morgan fingerprint density at radius 3 is 2.79 bits per heavy atom. The van der Waals surface area contributed by atoms with Gasteiger partial charge in [-0.2, -0.15) is 0 Å². The maximum Gasteiger partial charge on any atom is 0.226 e. The minimum Gasteiger partial charge on any atom is -0.374 e. The minimum atomic E-state index is -0.0325. The smallest absolute Gasteiger partial charge is 0.226 e. The van der Waals surface area contributed by atoms with E-state index in [0.29, 0.717) is 22.6 Å². The van der Waals surface area contributed by atoms with Crippen LogP contribution in [-0.4, -0.2) is 16.1 Å². The van der Waals surface area contributed by atoms with Crippen LogP contribution in [0.15, 0.2) is 0 Å². The molecule has 0 atom stereocenters. The second kappa shape index (κ2) is 4.90. The predicted octanol–water partition coefficient (Wildman–Crippen LogP) is 1.49. The molecule has 5 nitrogen and oxygen atoms in total. The second-order valence-corrected chi connectivity index (χ2v) is 4.44. The second-order valence-electron chi connectivity index (χ2n) is 3.43. The first-order valence-electron chi connectivity index (χ1n) is 4.46. The van der Waals surface area contributed by atoms with Crippen molar-refractivity contribution in [3.8, 4) is 0 Å². The molecule has 0 aliphatic carbocycles. The third kappa shape index (κ3) is 3.69. The van der Waals surface area contributed by atoms with E-state index in [1.54, 1.807) is 0 Å². The average molecular weight is 214 g/mol. The number of nitrogens with two attached hydrogens (primary N) is 1. The summed E-state index contributed by atoms with van der Waals surface area (Å²) in [4.78, 5) is 11.3. The molecule has 3 N–H and O–H groups in total. The lowest BCUT2D eigenvalue weighted by molar-refractivity contribution is -0.116. The van der Waals surface area contributed by atoms with Gasteiger partial charge in [0, 0.05) is 6.42 Å². The van der Waals surface area contributed by atoms with E-state index in [4.69, 9.17) is 5.73 Å². The van der Waals surface area contributed by atoms with Gasteiger partial charge in [0.25, 0.3) is 0 Å². The molecule has 1 heterocycles. The monoisotopic (exact) mass is 214 g/mol. The number of amides is 1. The number of nitrogen functional groups attached to an aromatic ring is 1. The number of hydrogen-bond acceptors (Lipinski definition) is 5. The Morgan fingerprint density at radius 2 is 2.29 bits per heavy atom. The fraction of sp³-hybridized carbons (Fsp3) is 0.625. The molecule has 0 saturated heterocycles. The van der Waals surface area contributed by atoms with Crippen molar-refractivity contribution in [2.75, 3.05) is 11.1 Å². The van der Waals surface area contributed by atoms with Gasteiger partial charge in [0.05, 0.1) is 0 Å². The van der Waals surface area contributed by atoms with Crippen LogP contribution in [0.5, 0.6) is 0 Å². The van der Waals surface area contributed by atoms with E-state index in [1.165, 1.54) is 11.3 Å². The lowest BCUT2D eigenvalue weighted by Crippen LogP contribution is -2.11. The van der Waals surface area contributed by atoms with Gasteiger partial charge in [-0.25, -0.2) is 0 Å². The summed E-state index contributed by atoms with van der Waals surface area (Å²) in [5.41, 5.74) is 5.37. The van der Waals surface area contributed by atoms with Gasteiger partial charge in [0.1, 0.15) is 0 Å². The van der Waals surface area contributed by atoms with Crippen LogP contribution < -0.4 is 11.1 Å². The van der Waals surface area contributed by atoms with E-state index in [2.05, 4.69) is 29.4 Å². The Kier molecular flexibility index (Phi) is 3.82. The van der Waals surface area contributed by atoms with E-state index in [1.807, 2.05) is 0 Å². The van der Waals surface area contributed by atoms with Crippen molar-refractivity contribution in [2.24, 2.45) is 5.92 Å².